The number of esters is 1. The fourth-order valence-corrected chi connectivity index (χ4v) is 2.84. The predicted molar refractivity (Wildman–Crippen MR) is 82.7 cm³/mol. The molecule has 0 unspecified atom stereocenters. The van der Waals surface area contributed by atoms with Crippen molar-refractivity contribution in [3.05, 3.63) is 63.1 Å². The molecule has 1 aromatic carbocycles. The number of rotatable bonds is 4. The van der Waals surface area contributed by atoms with Crippen molar-refractivity contribution in [2.24, 2.45) is 0 Å². The van der Waals surface area contributed by atoms with E-state index in [9.17, 15) is 14.7 Å². The molecule has 1 aromatic heterocycles. The first kappa shape index (κ1) is 15.3. The first-order valence-electron chi connectivity index (χ1n) is 7.26. The van der Waals surface area contributed by atoms with Crippen LogP contribution in [0.15, 0.2) is 35.1 Å². The van der Waals surface area contributed by atoms with Gasteiger partial charge in [0.1, 0.15) is 11.3 Å². The summed E-state index contributed by atoms with van der Waals surface area (Å²) in [7, 11) is 1.55. The van der Waals surface area contributed by atoms with Crippen molar-refractivity contribution in [2.45, 2.75) is 19.6 Å². The summed E-state index contributed by atoms with van der Waals surface area (Å²) in [5.74, 6) is -0.663. The van der Waals surface area contributed by atoms with Gasteiger partial charge in [-0.3, -0.25) is 4.79 Å². The number of fused-ring (bicyclic) bond motifs is 1. The fraction of sp³-hybridized carbons (Fsp3) is 0.294. The number of benzene rings is 1. The average Bonchev–Trinajstić information content (AvgIpc) is 2.84. The summed E-state index contributed by atoms with van der Waals surface area (Å²) in [6.07, 6.45) is -0.888. The lowest BCUT2D eigenvalue weighted by Crippen LogP contribution is -2.29. The minimum atomic E-state index is -0.888. The van der Waals surface area contributed by atoms with Gasteiger partial charge >= 0.3 is 5.97 Å². The van der Waals surface area contributed by atoms with Crippen molar-refractivity contribution >= 4 is 5.97 Å². The molecule has 1 atom stereocenters. The lowest BCUT2D eigenvalue weighted by atomic mass is 9.99. The number of aryl methyl sites for hydroxylation is 1. The SMILES string of the molecule is COCCn1c(C)cc(O)c([C@@H]2OC(=O)c3ccccc32)c1=O. The molecule has 0 radical (unpaired) electrons. The Kier molecular flexibility index (Phi) is 3.92. The van der Waals surface area contributed by atoms with E-state index >= 15 is 0 Å². The van der Waals surface area contributed by atoms with E-state index in [1.165, 1.54) is 10.6 Å². The van der Waals surface area contributed by atoms with Crippen LogP contribution in [0, 0.1) is 6.92 Å². The van der Waals surface area contributed by atoms with Crippen LogP contribution in [0.25, 0.3) is 0 Å². The zero-order chi connectivity index (χ0) is 16.6. The highest BCUT2D eigenvalue weighted by atomic mass is 16.5. The van der Waals surface area contributed by atoms with Crippen LogP contribution in [-0.4, -0.2) is 29.4 Å². The molecule has 1 N–H and O–H groups in total. The lowest BCUT2D eigenvalue weighted by molar-refractivity contribution is 0.0449. The van der Waals surface area contributed by atoms with Crippen LogP contribution in [0.3, 0.4) is 0 Å². The smallest absolute Gasteiger partial charge is 0.339 e. The number of pyridine rings is 1. The topological polar surface area (TPSA) is 77.8 Å². The van der Waals surface area contributed by atoms with E-state index in [-0.39, 0.29) is 16.9 Å². The third-order valence-corrected chi connectivity index (χ3v) is 3.99. The minimum absolute atomic E-state index is 0.0741. The number of ether oxygens (including phenoxy) is 2. The Morgan fingerprint density at radius 1 is 1.30 bits per heavy atom. The Bertz CT molecular complexity index is 824. The molecule has 2 aromatic rings. The van der Waals surface area contributed by atoms with E-state index in [0.717, 1.165) is 0 Å². The van der Waals surface area contributed by atoms with Gasteiger partial charge < -0.3 is 19.1 Å². The quantitative estimate of drug-likeness (QED) is 0.870. The molecule has 6 nitrogen and oxygen atoms in total. The molecular weight excluding hydrogens is 298 g/mol. The molecule has 0 amide bonds. The summed E-state index contributed by atoms with van der Waals surface area (Å²) >= 11 is 0. The summed E-state index contributed by atoms with van der Waals surface area (Å²) < 4.78 is 11.9. The first-order valence-corrected chi connectivity index (χ1v) is 7.26. The standard InChI is InChI=1S/C17H17NO5/c1-10-9-13(19)14(16(20)18(10)7-8-22-2)15-11-5-3-4-6-12(11)17(21)23-15/h3-6,9,15,19H,7-8H2,1-2H3/t15-/m1/s1. The second-order valence-corrected chi connectivity index (χ2v) is 5.41. The molecule has 1 aliphatic rings. The van der Waals surface area contributed by atoms with Gasteiger partial charge in [0.15, 0.2) is 6.10 Å². The van der Waals surface area contributed by atoms with Gasteiger partial charge in [0.2, 0.25) is 0 Å². The summed E-state index contributed by atoms with van der Waals surface area (Å²) in [5, 5.41) is 10.3. The highest BCUT2D eigenvalue weighted by Crippen LogP contribution is 2.37. The molecular formula is C17H17NO5. The molecule has 2 heterocycles. The van der Waals surface area contributed by atoms with E-state index < -0.39 is 12.1 Å². The summed E-state index contributed by atoms with van der Waals surface area (Å²) in [4.78, 5) is 24.7. The Morgan fingerprint density at radius 3 is 2.78 bits per heavy atom. The van der Waals surface area contributed by atoms with Crippen molar-refractivity contribution in [3.63, 3.8) is 0 Å². The van der Waals surface area contributed by atoms with Crippen LogP contribution in [0.4, 0.5) is 0 Å². The number of methoxy groups -OCH3 is 1. The highest BCUT2D eigenvalue weighted by molar-refractivity contribution is 5.94. The summed E-state index contributed by atoms with van der Waals surface area (Å²) in [5.41, 5.74) is 1.32. The molecule has 6 heteroatoms. The molecule has 0 aliphatic carbocycles. The van der Waals surface area contributed by atoms with Crippen LogP contribution in [0.5, 0.6) is 5.75 Å². The molecule has 0 spiro atoms. The van der Waals surface area contributed by atoms with Crippen molar-refractivity contribution in [3.8, 4) is 5.75 Å². The van der Waals surface area contributed by atoms with Crippen LogP contribution < -0.4 is 5.56 Å². The van der Waals surface area contributed by atoms with Gasteiger partial charge in [-0.15, -0.1) is 0 Å². The minimum Gasteiger partial charge on any atom is -0.507 e. The monoisotopic (exact) mass is 315 g/mol. The normalized spacial score (nSPS) is 16.3. The molecule has 3 rings (SSSR count). The van der Waals surface area contributed by atoms with Crippen molar-refractivity contribution < 1.29 is 19.4 Å². The molecule has 120 valence electrons. The second-order valence-electron chi connectivity index (χ2n) is 5.41. The largest absolute Gasteiger partial charge is 0.507 e. The number of cyclic esters (lactones) is 1. The number of hydrogen-bond acceptors (Lipinski definition) is 5. The van der Waals surface area contributed by atoms with Crippen molar-refractivity contribution in [2.75, 3.05) is 13.7 Å². The molecule has 0 fully saturated rings. The number of carbonyl (C=O) groups excluding carboxylic acids is 1. The fourth-order valence-electron chi connectivity index (χ4n) is 2.84. The number of carbonyl (C=O) groups is 1. The maximum Gasteiger partial charge on any atom is 0.339 e. The third-order valence-electron chi connectivity index (χ3n) is 3.99. The number of aromatic hydroxyl groups is 1. The van der Waals surface area contributed by atoms with Crippen LogP contribution in [-0.2, 0) is 16.0 Å². The molecule has 0 saturated carbocycles. The second kappa shape index (κ2) is 5.89. The van der Waals surface area contributed by atoms with Gasteiger partial charge in [-0.05, 0) is 19.1 Å². The Morgan fingerprint density at radius 2 is 2.04 bits per heavy atom. The Hall–Kier alpha value is -2.60. The number of aromatic nitrogens is 1. The summed E-state index contributed by atoms with van der Waals surface area (Å²) in [6, 6.07) is 8.37. The van der Waals surface area contributed by atoms with E-state index in [1.807, 2.05) is 0 Å². The van der Waals surface area contributed by atoms with E-state index in [0.29, 0.717) is 30.0 Å². The van der Waals surface area contributed by atoms with E-state index in [4.69, 9.17) is 9.47 Å². The van der Waals surface area contributed by atoms with Crippen LogP contribution >= 0.6 is 0 Å². The van der Waals surface area contributed by atoms with Crippen molar-refractivity contribution in [1.82, 2.24) is 4.57 Å². The van der Waals surface area contributed by atoms with Gasteiger partial charge in [-0.2, -0.15) is 0 Å². The molecule has 0 saturated heterocycles. The van der Waals surface area contributed by atoms with Crippen molar-refractivity contribution in [1.29, 1.82) is 0 Å². The van der Waals surface area contributed by atoms with E-state index in [2.05, 4.69) is 0 Å². The predicted octanol–water partition coefficient (Wildman–Crippen LogP) is 1.77. The average molecular weight is 315 g/mol. The Labute approximate surface area is 132 Å². The van der Waals surface area contributed by atoms with Gasteiger partial charge in [0.25, 0.3) is 5.56 Å². The highest BCUT2D eigenvalue weighted by Gasteiger charge is 2.35. The molecule has 23 heavy (non-hydrogen) atoms. The molecule has 0 bridgehead atoms. The Balaban J connectivity index is 2.14. The maximum absolute atomic E-state index is 12.8. The maximum atomic E-state index is 12.8. The van der Waals surface area contributed by atoms with Gasteiger partial charge in [-0.25, -0.2) is 4.79 Å². The van der Waals surface area contributed by atoms with Gasteiger partial charge in [0, 0.05) is 24.9 Å². The van der Waals surface area contributed by atoms with Crippen LogP contribution in [0.2, 0.25) is 0 Å². The zero-order valence-corrected chi connectivity index (χ0v) is 12.9. The molecule has 1 aliphatic heterocycles. The van der Waals surface area contributed by atoms with Gasteiger partial charge in [-0.1, -0.05) is 18.2 Å². The summed E-state index contributed by atoms with van der Waals surface area (Å²) in [6.45, 7) is 2.46. The van der Waals surface area contributed by atoms with Gasteiger partial charge in [0.05, 0.1) is 12.2 Å². The first-order chi connectivity index (χ1) is 11.0. The van der Waals surface area contributed by atoms with E-state index in [1.54, 1.807) is 38.3 Å². The van der Waals surface area contributed by atoms with Crippen LogP contribution in [0.1, 0.15) is 33.3 Å². The number of hydrogen-bond donors (Lipinski definition) is 1. The number of nitrogens with zero attached hydrogens (tertiary/aromatic N) is 1. The third kappa shape index (κ3) is 2.51. The lowest BCUT2D eigenvalue weighted by Gasteiger charge is -2.17. The zero-order valence-electron chi connectivity index (χ0n) is 12.9.